The smallest absolute Gasteiger partial charge is 0.00263 e. The third-order valence-corrected chi connectivity index (χ3v) is 4.75. The van der Waals surface area contributed by atoms with E-state index in [1.807, 2.05) is 0 Å². The van der Waals surface area contributed by atoms with Gasteiger partial charge in [0.25, 0.3) is 0 Å². The average Bonchev–Trinajstić information content (AvgIpc) is 2.60. The Morgan fingerprint density at radius 1 is 0.909 bits per heavy atom. The fraction of sp³-hybridized carbons (Fsp3) is 0.364. The molecular formula is C22H28. The van der Waals surface area contributed by atoms with Crippen molar-refractivity contribution in [1.82, 2.24) is 0 Å². The van der Waals surface area contributed by atoms with Crippen molar-refractivity contribution >= 4 is 0 Å². The maximum Gasteiger partial charge on any atom is 0.00263 e. The largest absolute Gasteiger partial charge is 0.0882 e. The first-order chi connectivity index (χ1) is 10.7. The Morgan fingerprint density at radius 3 is 2.05 bits per heavy atom. The van der Waals surface area contributed by atoms with Crippen molar-refractivity contribution in [2.45, 2.75) is 51.4 Å². The van der Waals surface area contributed by atoms with Gasteiger partial charge in [-0.15, -0.1) is 0 Å². The molecule has 0 heterocycles. The van der Waals surface area contributed by atoms with E-state index in [1.54, 1.807) is 0 Å². The van der Waals surface area contributed by atoms with Crippen LogP contribution in [0.3, 0.4) is 0 Å². The van der Waals surface area contributed by atoms with Gasteiger partial charge in [-0.25, -0.2) is 0 Å². The molecule has 0 amide bonds. The van der Waals surface area contributed by atoms with Crippen LogP contribution in [0.25, 0.3) is 0 Å². The van der Waals surface area contributed by atoms with Gasteiger partial charge in [0, 0.05) is 5.92 Å². The van der Waals surface area contributed by atoms with Crippen LogP contribution in [0.15, 0.2) is 72.8 Å². The van der Waals surface area contributed by atoms with Gasteiger partial charge in [0.2, 0.25) is 0 Å². The molecule has 0 fully saturated rings. The van der Waals surface area contributed by atoms with Crippen molar-refractivity contribution in [3.8, 4) is 0 Å². The second-order valence-electron chi connectivity index (χ2n) is 6.34. The van der Waals surface area contributed by atoms with Gasteiger partial charge < -0.3 is 0 Å². The zero-order chi connectivity index (χ0) is 15.8. The molecule has 2 atom stereocenters. The van der Waals surface area contributed by atoms with Gasteiger partial charge in [-0.3, -0.25) is 0 Å². The molecule has 0 aromatic heterocycles. The van der Waals surface area contributed by atoms with E-state index in [2.05, 4.69) is 93.6 Å². The Labute approximate surface area is 135 Å². The fourth-order valence-corrected chi connectivity index (χ4v) is 3.09. The lowest BCUT2D eigenvalue weighted by Gasteiger charge is -2.32. The summed E-state index contributed by atoms with van der Waals surface area (Å²) in [5.41, 5.74) is 3.07. The summed E-state index contributed by atoms with van der Waals surface area (Å²) in [5, 5.41) is 0. The summed E-state index contributed by atoms with van der Waals surface area (Å²) in [6, 6.07) is 21.9. The van der Waals surface area contributed by atoms with Crippen molar-refractivity contribution in [3.63, 3.8) is 0 Å². The van der Waals surface area contributed by atoms with Gasteiger partial charge in [0.1, 0.15) is 0 Å². The van der Waals surface area contributed by atoms with Crippen LogP contribution < -0.4 is 0 Å². The van der Waals surface area contributed by atoms with E-state index in [1.165, 1.54) is 11.1 Å². The van der Waals surface area contributed by atoms with Gasteiger partial charge in [-0.1, -0.05) is 93.6 Å². The van der Waals surface area contributed by atoms with Crippen LogP contribution in [0.1, 0.15) is 57.1 Å². The first-order valence-corrected chi connectivity index (χ1v) is 8.46. The van der Waals surface area contributed by atoms with Gasteiger partial charge in [0.15, 0.2) is 0 Å². The standard InChI is InChI=1S/C22H28/c1-4-6-13-20(19-14-9-7-10-15-19)18-22(3,5-2)21-16-11-8-12-17-21/h6-17,20H,4-5,18H2,1-3H3. The topological polar surface area (TPSA) is 0 Å². The number of rotatable bonds is 7. The molecule has 2 rings (SSSR count). The summed E-state index contributed by atoms with van der Waals surface area (Å²) in [6.07, 6.45) is 8.09. The molecule has 2 aromatic rings. The molecule has 0 spiro atoms. The lowest BCUT2D eigenvalue weighted by atomic mass is 9.72. The maximum atomic E-state index is 2.40. The molecule has 0 N–H and O–H groups in total. The third kappa shape index (κ3) is 4.10. The lowest BCUT2D eigenvalue weighted by Crippen LogP contribution is -2.23. The molecule has 0 radical (unpaired) electrons. The van der Waals surface area contributed by atoms with Crippen LogP contribution in [-0.2, 0) is 5.41 Å². The van der Waals surface area contributed by atoms with Crippen LogP contribution in [0, 0.1) is 0 Å². The fourth-order valence-electron chi connectivity index (χ4n) is 3.09. The molecule has 2 unspecified atom stereocenters. The molecule has 0 nitrogen and oxygen atoms in total. The molecular weight excluding hydrogens is 264 g/mol. The molecule has 116 valence electrons. The van der Waals surface area contributed by atoms with E-state index in [-0.39, 0.29) is 5.41 Å². The van der Waals surface area contributed by atoms with E-state index in [0.29, 0.717) is 5.92 Å². The maximum absolute atomic E-state index is 2.40. The van der Waals surface area contributed by atoms with E-state index < -0.39 is 0 Å². The minimum atomic E-state index is 0.208. The third-order valence-electron chi connectivity index (χ3n) is 4.75. The summed E-state index contributed by atoms with van der Waals surface area (Å²) in [7, 11) is 0. The molecule has 0 saturated carbocycles. The van der Waals surface area contributed by atoms with Gasteiger partial charge in [0.05, 0.1) is 0 Å². The summed E-state index contributed by atoms with van der Waals surface area (Å²) in [6.45, 7) is 6.91. The molecule has 0 aliphatic rings. The minimum Gasteiger partial charge on any atom is -0.0882 e. The summed E-state index contributed by atoms with van der Waals surface area (Å²) in [4.78, 5) is 0. The van der Waals surface area contributed by atoms with Crippen molar-refractivity contribution in [2.75, 3.05) is 0 Å². The van der Waals surface area contributed by atoms with E-state index in [0.717, 1.165) is 19.3 Å². The van der Waals surface area contributed by atoms with Crippen LogP contribution >= 0.6 is 0 Å². The average molecular weight is 292 g/mol. The van der Waals surface area contributed by atoms with E-state index >= 15 is 0 Å². The quantitative estimate of drug-likeness (QED) is 0.511. The lowest BCUT2D eigenvalue weighted by molar-refractivity contribution is 0.400. The van der Waals surface area contributed by atoms with E-state index in [4.69, 9.17) is 0 Å². The zero-order valence-electron chi connectivity index (χ0n) is 14.1. The van der Waals surface area contributed by atoms with Gasteiger partial charge >= 0.3 is 0 Å². The number of hydrogen-bond acceptors (Lipinski definition) is 0. The Morgan fingerprint density at radius 2 is 1.50 bits per heavy atom. The zero-order valence-corrected chi connectivity index (χ0v) is 14.1. The first-order valence-electron chi connectivity index (χ1n) is 8.46. The van der Waals surface area contributed by atoms with E-state index in [9.17, 15) is 0 Å². The van der Waals surface area contributed by atoms with Crippen molar-refractivity contribution in [3.05, 3.63) is 83.9 Å². The molecule has 0 bridgehead atoms. The Hall–Kier alpha value is -1.82. The first kappa shape index (κ1) is 16.5. The van der Waals surface area contributed by atoms with Gasteiger partial charge in [-0.05, 0) is 35.8 Å². The highest BCUT2D eigenvalue weighted by atomic mass is 14.3. The van der Waals surface area contributed by atoms with Crippen LogP contribution in [-0.4, -0.2) is 0 Å². The summed E-state index contributed by atoms with van der Waals surface area (Å²) in [5.74, 6) is 0.478. The normalized spacial score (nSPS) is 15.6. The minimum absolute atomic E-state index is 0.208. The molecule has 0 heteroatoms. The molecule has 2 aromatic carbocycles. The number of benzene rings is 2. The van der Waals surface area contributed by atoms with Crippen LogP contribution in [0.5, 0.6) is 0 Å². The number of allylic oxidation sites excluding steroid dienone is 2. The summed E-state index contributed by atoms with van der Waals surface area (Å²) >= 11 is 0. The monoisotopic (exact) mass is 292 g/mol. The van der Waals surface area contributed by atoms with Gasteiger partial charge in [-0.2, -0.15) is 0 Å². The molecule has 22 heavy (non-hydrogen) atoms. The highest BCUT2D eigenvalue weighted by molar-refractivity contribution is 5.29. The highest BCUT2D eigenvalue weighted by Crippen LogP contribution is 2.38. The molecule has 0 aliphatic carbocycles. The Kier molecular flexibility index (Phi) is 6.00. The summed E-state index contributed by atoms with van der Waals surface area (Å²) < 4.78 is 0. The van der Waals surface area contributed by atoms with Crippen molar-refractivity contribution < 1.29 is 0 Å². The number of hydrogen-bond donors (Lipinski definition) is 0. The SMILES string of the molecule is CCC=CC(CC(C)(CC)c1ccccc1)c1ccccc1. The molecule has 0 saturated heterocycles. The second kappa shape index (κ2) is 7.98. The predicted octanol–water partition coefficient (Wildman–Crippen LogP) is 6.49. The Balaban J connectivity index is 2.30. The predicted molar refractivity (Wildman–Crippen MR) is 97.3 cm³/mol. The highest BCUT2D eigenvalue weighted by Gasteiger charge is 2.27. The van der Waals surface area contributed by atoms with Crippen molar-refractivity contribution in [1.29, 1.82) is 0 Å². The second-order valence-corrected chi connectivity index (χ2v) is 6.34. The van der Waals surface area contributed by atoms with Crippen molar-refractivity contribution in [2.24, 2.45) is 0 Å². The van der Waals surface area contributed by atoms with Crippen LogP contribution in [0.4, 0.5) is 0 Å². The Bertz CT molecular complexity index is 568. The molecule has 0 aliphatic heterocycles. The van der Waals surface area contributed by atoms with Crippen LogP contribution in [0.2, 0.25) is 0 Å².